The standard InChI is InChI=1S/C10H14ClN3O/c1-6-8(7-4-3-5-15-7)13-10(11)14-9(6)12-2/h7H,3-5H2,1-2H3,(H,12,13,14)/t7-/m0/s1. The summed E-state index contributed by atoms with van der Waals surface area (Å²) in [5.74, 6) is 0.778. The van der Waals surface area contributed by atoms with Gasteiger partial charge in [-0.2, -0.15) is 0 Å². The second kappa shape index (κ2) is 4.33. The highest BCUT2D eigenvalue weighted by atomic mass is 35.5. The van der Waals surface area contributed by atoms with Gasteiger partial charge in [0, 0.05) is 19.2 Å². The molecule has 0 bridgehead atoms. The number of ether oxygens (including phenoxy) is 1. The number of anilines is 1. The van der Waals surface area contributed by atoms with Crippen molar-refractivity contribution in [3.05, 3.63) is 16.5 Å². The average molecular weight is 228 g/mol. The van der Waals surface area contributed by atoms with Crippen LogP contribution in [-0.4, -0.2) is 23.6 Å². The monoisotopic (exact) mass is 227 g/mol. The van der Waals surface area contributed by atoms with Crippen LogP contribution in [0.15, 0.2) is 0 Å². The molecule has 82 valence electrons. The van der Waals surface area contributed by atoms with Crippen LogP contribution in [0.3, 0.4) is 0 Å². The number of nitrogens with one attached hydrogen (secondary N) is 1. The van der Waals surface area contributed by atoms with Crippen LogP contribution in [0.25, 0.3) is 0 Å². The van der Waals surface area contributed by atoms with Gasteiger partial charge in [0.25, 0.3) is 0 Å². The van der Waals surface area contributed by atoms with Gasteiger partial charge in [-0.15, -0.1) is 0 Å². The molecule has 15 heavy (non-hydrogen) atoms. The smallest absolute Gasteiger partial charge is 0.224 e. The zero-order valence-electron chi connectivity index (χ0n) is 8.88. The van der Waals surface area contributed by atoms with Gasteiger partial charge in [0.1, 0.15) is 11.9 Å². The maximum Gasteiger partial charge on any atom is 0.224 e. The summed E-state index contributed by atoms with van der Waals surface area (Å²) < 4.78 is 5.60. The lowest BCUT2D eigenvalue weighted by Crippen LogP contribution is -2.07. The Kier molecular flexibility index (Phi) is 3.07. The molecule has 1 aromatic rings. The summed E-state index contributed by atoms with van der Waals surface area (Å²) in [5, 5.41) is 3.28. The van der Waals surface area contributed by atoms with Crippen molar-refractivity contribution in [1.82, 2.24) is 9.97 Å². The summed E-state index contributed by atoms with van der Waals surface area (Å²) in [7, 11) is 1.82. The number of rotatable bonds is 2. The Hall–Kier alpha value is -0.870. The van der Waals surface area contributed by atoms with Crippen molar-refractivity contribution in [3.63, 3.8) is 0 Å². The highest BCUT2D eigenvalue weighted by molar-refractivity contribution is 6.28. The van der Waals surface area contributed by atoms with Crippen LogP contribution in [0.1, 0.15) is 30.2 Å². The molecule has 1 saturated heterocycles. The molecule has 1 aliphatic heterocycles. The Balaban J connectivity index is 2.40. The average Bonchev–Trinajstić information content (AvgIpc) is 2.74. The van der Waals surface area contributed by atoms with Gasteiger partial charge in [0.2, 0.25) is 5.28 Å². The number of nitrogens with zero attached hydrogens (tertiary/aromatic N) is 2. The van der Waals surface area contributed by atoms with Crippen molar-refractivity contribution in [3.8, 4) is 0 Å². The normalized spacial score (nSPS) is 20.6. The zero-order valence-corrected chi connectivity index (χ0v) is 9.64. The lowest BCUT2D eigenvalue weighted by molar-refractivity contribution is 0.108. The van der Waals surface area contributed by atoms with Crippen molar-refractivity contribution < 1.29 is 4.74 Å². The number of halogens is 1. The van der Waals surface area contributed by atoms with E-state index >= 15 is 0 Å². The van der Waals surface area contributed by atoms with Crippen LogP contribution in [0.2, 0.25) is 5.28 Å². The molecule has 1 aliphatic rings. The van der Waals surface area contributed by atoms with Gasteiger partial charge in [0.15, 0.2) is 0 Å². The SMILES string of the molecule is CNc1nc(Cl)nc([C@@H]2CCCO2)c1C. The minimum atomic E-state index is 0.0811. The van der Waals surface area contributed by atoms with Gasteiger partial charge in [-0.1, -0.05) is 0 Å². The molecule has 2 rings (SSSR count). The Morgan fingerprint density at radius 3 is 2.87 bits per heavy atom. The lowest BCUT2D eigenvalue weighted by atomic mass is 10.1. The Morgan fingerprint density at radius 2 is 2.27 bits per heavy atom. The van der Waals surface area contributed by atoms with Crippen LogP contribution < -0.4 is 5.32 Å². The molecule has 4 nitrogen and oxygen atoms in total. The molecule has 0 radical (unpaired) electrons. The van der Waals surface area contributed by atoms with E-state index in [0.717, 1.165) is 36.5 Å². The third-order valence-corrected chi connectivity index (χ3v) is 2.80. The molecule has 1 N–H and O–H groups in total. The Morgan fingerprint density at radius 1 is 1.47 bits per heavy atom. The molecule has 0 unspecified atom stereocenters. The second-order valence-electron chi connectivity index (χ2n) is 3.60. The van der Waals surface area contributed by atoms with E-state index in [4.69, 9.17) is 16.3 Å². The fourth-order valence-corrected chi connectivity index (χ4v) is 2.03. The van der Waals surface area contributed by atoms with E-state index in [1.165, 1.54) is 0 Å². The predicted octanol–water partition coefficient (Wildman–Crippen LogP) is 2.33. The first-order valence-electron chi connectivity index (χ1n) is 5.05. The van der Waals surface area contributed by atoms with E-state index in [1.807, 2.05) is 14.0 Å². The third-order valence-electron chi connectivity index (χ3n) is 2.63. The van der Waals surface area contributed by atoms with E-state index in [-0.39, 0.29) is 11.4 Å². The van der Waals surface area contributed by atoms with Crippen molar-refractivity contribution in [1.29, 1.82) is 0 Å². The molecule has 1 atom stereocenters. The van der Waals surface area contributed by atoms with Gasteiger partial charge < -0.3 is 10.1 Å². The van der Waals surface area contributed by atoms with E-state index in [2.05, 4.69) is 15.3 Å². The van der Waals surface area contributed by atoms with E-state index < -0.39 is 0 Å². The molecule has 2 heterocycles. The third kappa shape index (κ3) is 2.06. The van der Waals surface area contributed by atoms with E-state index in [0.29, 0.717) is 0 Å². The zero-order chi connectivity index (χ0) is 10.8. The first-order chi connectivity index (χ1) is 7.22. The predicted molar refractivity (Wildman–Crippen MR) is 59.3 cm³/mol. The molecule has 5 heteroatoms. The van der Waals surface area contributed by atoms with E-state index in [9.17, 15) is 0 Å². The van der Waals surface area contributed by atoms with Crippen LogP contribution in [0, 0.1) is 6.92 Å². The summed E-state index contributed by atoms with van der Waals surface area (Å²) in [5.41, 5.74) is 1.94. The van der Waals surface area contributed by atoms with Crippen LogP contribution in [-0.2, 0) is 4.74 Å². The fraction of sp³-hybridized carbons (Fsp3) is 0.600. The summed E-state index contributed by atoms with van der Waals surface area (Å²) in [6, 6.07) is 0. The van der Waals surface area contributed by atoms with Crippen molar-refractivity contribution in [2.45, 2.75) is 25.9 Å². The van der Waals surface area contributed by atoms with Gasteiger partial charge in [0.05, 0.1) is 5.69 Å². The second-order valence-corrected chi connectivity index (χ2v) is 3.94. The Bertz CT molecular complexity index is 364. The Labute approximate surface area is 94.0 Å². The van der Waals surface area contributed by atoms with Crippen LogP contribution in [0.5, 0.6) is 0 Å². The molecular formula is C10H14ClN3O. The molecule has 1 aromatic heterocycles. The van der Waals surface area contributed by atoms with Crippen molar-refractivity contribution in [2.24, 2.45) is 0 Å². The fourth-order valence-electron chi connectivity index (χ4n) is 1.86. The topological polar surface area (TPSA) is 47.0 Å². The quantitative estimate of drug-likeness (QED) is 0.788. The highest BCUT2D eigenvalue weighted by Crippen LogP contribution is 2.31. The maximum absolute atomic E-state index is 5.86. The number of aromatic nitrogens is 2. The molecule has 0 amide bonds. The largest absolute Gasteiger partial charge is 0.373 e. The molecule has 0 spiro atoms. The number of hydrogen-bond donors (Lipinski definition) is 1. The molecule has 1 fully saturated rings. The summed E-state index contributed by atoms with van der Waals surface area (Å²) in [6.45, 7) is 2.79. The molecular weight excluding hydrogens is 214 g/mol. The first kappa shape index (κ1) is 10.6. The van der Waals surface area contributed by atoms with Gasteiger partial charge in [-0.05, 0) is 31.4 Å². The highest BCUT2D eigenvalue weighted by Gasteiger charge is 2.23. The minimum absolute atomic E-state index is 0.0811. The van der Waals surface area contributed by atoms with Crippen LogP contribution >= 0.6 is 11.6 Å². The van der Waals surface area contributed by atoms with Gasteiger partial charge in [-0.25, -0.2) is 9.97 Å². The number of hydrogen-bond acceptors (Lipinski definition) is 4. The summed E-state index contributed by atoms with van der Waals surface area (Å²) in [4.78, 5) is 8.36. The summed E-state index contributed by atoms with van der Waals surface area (Å²) in [6.07, 6.45) is 2.18. The van der Waals surface area contributed by atoms with Gasteiger partial charge in [-0.3, -0.25) is 0 Å². The summed E-state index contributed by atoms with van der Waals surface area (Å²) >= 11 is 5.86. The molecule has 0 aromatic carbocycles. The van der Waals surface area contributed by atoms with Crippen molar-refractivity contribution in [2.75, 3.05) is 19.0 Å². The maximum atomic E-state index is 5.86. The first-order valence-corrected chi connectivity index (χ1v) is 5.43. The van der Waals surface area contributed by atoms with Crippen LogP contribution in [0.4, 0.5) is 5.82 Å². The lowest BCUT2D eigenvalue weighted by Gasteiger charge is -2.14. The molecule has 0 aliphatic carbocycles. The van der Waals surface area contributed by atoms with Gasteiger partial charge >= 0.3 is 0 Å². The molecule has 0 saturated carbocycles. The van der Waals surface area contributed by atoms with Crippen molar-refractivity contribution >= 4 is 17.4 Å². The van der Waals surface area contributed by atoms with E-state index in [1.54, 1.807) is 0 Å². The minimum Gasteiger partial charge on any atom is -0.373 e.